The van der Waals surface area contributed by atoms with Crippen LogP contribution in [0, 0.1) is 16.0 Å². The van der Waals surface area contributed by atoms with Crippen molar-refractivity contribution in [2.45, 2.75) is 32.2 Å². The maximum Gasteiger partial charge on any atom is 0.311 e. The second-order valence-corrected chi connectivity index (χ2v) is 5.36. The van der Waals surface area contributed by atoms with Crippen molar-refractivity contribution in [1.29, 1.82) is 0 Å². The Balaban J connectivity index is 2.28. The van der Waals surface area contributed by atoms with E-state index in [1.165, 1.54) is 6.07 Å². The van der Waals surface area contributed by atoms with Gasteiger partial charge in [0, 0.05) is 32.0 Å². The molecule has 0 aromatic carbocycles. The fraction of sp³-hybridized carbons (Fsp3) is 0.643. The van der Waals surface area contributed by atoms with Crippen molar-refractivity contribution in [2.24, 2.45) is 5.92 Å². The van der Waals surface area contributed by atoms with E-state index in [-0.39, 0.29) is 10.6 Å². The van der Waals surface area contributed by atoms with Gasteiger partial charge >= 0.3 is 5.69 Å². The summed E-state index contributed by atoms with van der Waals surface area (Å²) in [6, 6.07) is 3.43. The summed E-state index contributed by atoms with van der Waals surface area (Å²) in [5.41, 5.74) is 0.0724. The van der Waals surface area contributed by atoms with Gasteiger partial charge in [-0.2, -0.15) is 0 Å². The van der Waals surface area contributed by atoms with Crippen LogP contribution in [0.3, 0.4) is 0 Å². The van der Waals surface area contributed by atoms with E-state index >= 15 is 0 Å². The van der Waals surface area contributed by atoms with Crippen molar-refractivity contribution in [3.63, 3.8) is 0 Å². The van der Waals surface area contributed by atoms with Crippen molar-refractivity contribution in [3.05, 3.63) is 28.4 Å². The molecule has 0 spiro atoms. The quantitative estimate of drug-likeness (QED) is 0.591. The van der Waals surface area contributed by atoms with Gasteiger partial charge in [0.05, 0.1) is 11.5 Å². The zero-order chi connectivity index (χ0) is 14.5. The van der Waals surface area contributed by atoms with Crippen LogP contribution in [0.4, 0.5) is 11.5 Å². The average molecular weight is 279 g/mol. The Kier molecular flexibility index (Phi) is 4.89. The van der Waals surface area contributed by atoms with E-state index in [2.05, 4.69) is 11.9 Å². The highest BCUT2D eigenvalue weighted by atomic mass is 16.6. The van der Waals surface area contributed by atoms with Crippen LogP contribution in [0.25, 0.3) is 0 Å². The van der Waals surface area contributed by atoms with E-state index in [0.717, 1.165) is 19.3 Å². The monoisotopic (exact) mass is 279 g/mol. The fourth-order valence-electron chi connectivity index (χ4n) is 2.86. The predicted octanol–water partition coefficient (Wildman–Crippen LogP) is 2.63. The molecule has 1 saturated carbocycles. The first kappa shape index (κ1) is 14.7. The van der Waals surface area contributed by atoms with Crippen LogP contribution in [0.2, 0.25) is 0 Å². The van der Waals surface area contributed by atoms with Crippen LogP contribution in [0.5, 0.6) is 0 Å². The van der Waals surface area contributed by atoms with E-state index in [4.69, 9.17) is 4.74 Å². The Labute approximate surface area is 118 Å². The average Bonchev–Trinajstić information content (AvgIpc) is 2.86. The molecule has 0 amide bonds. The van der Waals surface area contributed by atoms with E-state index < -0.39 is 0 Å². The van der Waals surface area contributed by atoms with Crippen molar-refractivity contribution in [3.8, 4) is 0 Å². The number of anilines is 1. The molecule has 0 bridgehead atoms. The lowest BCUT2D eigenvalue weighted by Gasteiger charge is -2.29. The number of nitro groups is 1. The van der Waals surface area contributed by atoms with E-state index in [0.29, 0.717) is 30.9 Å². The van der Waals surface area contributed by atoms with Gasteiger partial charge < -0.3 is 9.64 Å². The smallest absolute Gasteiger partial charge is 0.311 e. The van der Waals surface area contributed by atoms with Crippen molar-refractivity contribution >= 4 is 11.5 Å². The predicted molar refractivity (Wildman–Crippen MR) is 76.9 cm³/mol. The summed E-state index contributed by atoms with van der Waals surface area (Å²) >= 11 is 0. The topological polar surface area (TPSA) is 68.5 Å². The van der Waals surface area contributed by atoms with Crippen LogP contribution in [-0.2, 0) is 4.74 Å². The molecule has 2 rings (SSSR count). The Hall–Kier alpha value is -1.69. The molecule has 2 unspecified atom stereocenters. The molecule has 20 heavy (non-hydrogen) atoms. The summed E-state index contributed by atoms with van der Waals surface area (Å²) in [5, 5.41) is 11.2. The first-order valence-electron chi connectivity index (χ1n) is 6.98. The normalized spacial score (nSPS) is 21.9. The fourth-order valence-corrected chi connectivity index (χ4v) is 2.86. The van der Waals surface area contributed by atoms with Crippen LogP contribution >= 0.6 is 0 Å². The molecule has 1 aliphatic rings. The first-order valence-corrected chi connectivity index (χ1v) is 6.98. The van der Waals surface area contributed by atoms with Crippen molar-refractivity contribution in [1.82, 2.24) is 4.98 Å². The first-order chi connectivity index (χ1) is 9.63. The minimum atomic E-state index is -0.361. The molecule has 2 atom stereocenters. The lowest BCUT2D eigenvalue weighted by atomic mass is 10.1. The molecule has 0 saturated heterocycles. The van der Waals surface area contributed by atoms with Gasteiger partial charge in [0.15, 0.2) is 0 Å². The van der Waals surface area contributed by atoms with Gasteiger partial charge in [-0.05, 0) is 31.2 Å². The van der Waals surface area contributed by atoms with Gasteiger partial charge in [-0.15, -0.1) is 0 Å². The molecule has 1 aliphatic carbocycles. The molecule has 0 N–H and O–H groups in total. The second-order valence-electron chi connectivity index (χ2n) is 5.36. The molecule has 1 aromatic heterocycles. The van der Waals surface area contributed by atoms with Crippen molar-refractivity contribution < 1.29 is 9.66 Å². The number of ether oxygens (including phenoxy) is 1. The standard InChI is InChI=1S/C14H21N3O3/c1-11-5-6-12(10-11)16(8-9-20-2)14-13(17(18)19)4-3-7-15-14/h3-4,7,11-12H,5-6,8-10H2,1-2H3. The second kappa shape index (κ2) is 6.65. The third kappa shape index (κ3) is 3.25. The number of aromatic nitrogens is 1. The highest BCUT2D eigenvalue weighted by Crippen LogP contribution is 2.34. The lowest BCUT2D eigenvalue weighted by molar-refractivity contribution is -0.384. The largest absolute Gasteiger partial charge is 0.383 e. The number of hydrogen-bond donors (Lipinski definition) is 0. The molecular formula is C14H21N3O3. The lowest BCUT2D eigenvalue weighted by Crippen LogP contribution is -2.37. The molecule has 0 radical (unpaired) electrons. The van der Waals surface area contributed by atoms with Gasteiger partial charge in [-0.25, -0.2) is 4.98 Å². The molecule has 0 aliphatic heterocycles. The summed E-state index contributed by atoms with van der Waals surface area (Å²) in [6.45, 7) is 3.39. The number of methoxy groups -OCH3 is 1. The minimum Gasteiger partial charge on any atom is -0.383 e. The third-order valence-electron chi connectivity index (χ3n) is 3.88. The highest BCUT2D eigenvalue weighted by molar-refractivity contribution is 5.58. The van der Waals surface area contributed by atoms with E-state index in [1.807, 2.05) is 4.90 Å². The third-order valence-corrected chi connectivity index (χ3v) is 3.88. The molecule has 6 heteroatoms. The molecule has 1 aromatic rings. The van der Waals surface area contributed by atoms with Gasteiger partial charge in [0.2, 0.25) is 5.82 Å². The van der Waals surface area contributed by atoms with Gasteiger partial charge in [-0.3, -0.25) is 10.1 Å². The summed E-state index contributed by atoms with van der Waals surface area (Å²) in [4.78, 5) is 17.1. The summed E-state index contributed by atoms with van der Waals surface area (Å²) < 4.78 is 5.14. The maximum atomic E-state index is 11.2. The Morgan fingerprint density at radius 3 is 2.95 bits per heavy atom. The molecular weight excluding hydrogens is 258 g/mol. The Morgan fingerprint density at radius 2 is 2.35 bits per heavy atom. The van der Waals surface area contributed by atoms with Gasteiger partial charge in [-0.1, -0.05) is 6.92 Å². The van der Waals surface area contributed by atoms with E-state index in [9.17, 15) is 10.1 Å². The van der Waals surface area contributed by atoms with Gasteiger partial charge in [0.1, 0.15) is 0 Å². The maximum absolute atomic E-state index is 11.2. The Bertz CT molecular complexity index is 467. The highest BCUT2D eigenvalue weighted by Gasteiger charge is 2.31. The summed E-state index contributed by atoms with van der Waals surface area (Å²) in [6.07, 6.45) is 4.88. The minimum absolute atomic E-state index is 0.0724. The van der Waals surface area contributed by atoms with Crippen molar-refractivity contribution in [2.75, 3.05) is 25.2 Å². The van der Waals surface area contributed by atoms with E-state index in [1.54, 1.807) is 19.4 Å². The summed E-state index contributed by atoms with van der Waals surface area (Å²) in [5.74, 6) is 1.13. The number of pyridine rings is 1. The molecule has 1 fully saturated rings. The molecule has 6 nitrogen and oxygen atoms in total. The summed E-state index contributed by atoms with van der Waals surface area (Å²) in [7, 11) is 1.64. The zero-order valence-corrected chi connectivity index (χ0v) is 12.0. The number of rotatable bonds is 6. The zero-order valence-electron chi connectivity index (χ0n) is 12.0. The Morgan fingerprint density at radius 1 is 1.55 bits per heavy atom. The van der Waals surface area contributed by atoms with Crippen LogP contribution in [0.15, 0.2) is 18.3 Å². The van der Waals surface area contributed by atoms with Crippen LogP contribution in [-0.4, -0.2) is 36.2 Å². The van der Waals surface area contributed by atoms with Crippen LogP contribution in [0.1, 0.15) is 26.2 Å². The molecule has 110 valence electrons. The number of nitrogens with zero attached hydrogens (tertiary/aromatic N) is 3. The van der Waals surface area contributed by atoms with Crippen LogP contribution < -0.4 is 4.90 Å². The SMILES string of the molecule is COCCN(c1ncccc1[N+](=O)[O-])C1CCC(C)C1. The van der Waals surface area contributed by atoms with Gasteiger partial charge in [0.25, 0.3) is 0 Å². The number of hydrogen-bond acceptors (Lipinski definition) is 5. The molecule has 1 heterocycles.